The molecule has 0 aromatic rings. The molecule has 0 rings (SSSR count). The van der Waals surface area contributed by atoms with Gasteiger partial charge in [-0.2, -0.15) is 0 Å². The molecule has 0 unspecified atom stereocenters. The minimum Gasteiger partial charge on any atom is -0.486 e. The summed E-state index contributed by atoms with van der Waals surface area (Å²) in [6.45, 7) is 2.95. The van der Waals surface area contributed by atoms with Gasteiger partial charge in [-0.3, -0.25) is 0 Å². The molecule has 0 aliphatic heterocycles. The minimum atomic E-state index is 0.792. The summed E-state index contributed by atoms with van der Waals surface area (Å²) in [6, 6.07) is 0. The summed E-state index contributed by atoms with van der Waals surface area (Å²) in [5.41, 5.74) is 0. The normalized spacial score (nSPS) is 11.1. The van der Waals surface area contributed by atoms with E-state index < -0.39 is 0 Å². The van der Waals surface area contributed by atoms with Crippen molar-refractivity contribution in [3.8, 4) is 0 Å². The van der Waals surface area contributed by atoms with Gasteiger partial charge < -0.3 is 9.64 Å². The van der Waals surface area contributed by atoms with Crippen LogP contribution in [0, 0.1) is 0 Å². The zero-order valence-electron chi connectivity index (χ0n) is 10.1. The molecule has 0 fully saturated rings. The standard InChI is InChI=1S/C11H23N2O/c1-6-7-8-14-11(9-12(2)3)10-13(4)5/h9-10H,6-8H2,1-5H3/q+1. The van der Waals surface area contributed by atoms with Crippen molar-refractivity contribution in [2.75, 3.05) is 34.8 Å². The molecule has 0 atom stereocenters. The van der Waals surface area contributed by atoms with Crippen LogP contribution in [0.3, 0.4) is 0 Å². The van der Waals surface area contributed by atoms with Crippen LogP contribution in [0.15, 0.2) is 12.0 Å². The molecule has 0 saturated carbocycles. The highest BCUT2D eigenvalue weighted by molar-refractivity contribution is 5.71. The predicted octanol–water partition coefficient (Wildman–Crippen LogP) is 1.55. The molecule has 0 spiro atoms. The van der Waals surface area contributed by atoms with Crippen LogP contribution in [0.5, 0.6) is 0 Å². The molecular formula is C11H23N2O+. The third-order valence-electron chi connectivity index (χ3n) is 1.54. The van der Waals surface area contributed by atoms with E-state index in [2.05, 4.69) is 6.92 Å². The summed E-state index contributed by atoms with van der Waals surface area (Å²) in [5.74, 6) is 0.911. The van der Waals surface area contributed by atoms with E-state index in [-0.39, 0.29) is 0 Å². The monoisotopic (exact) mass is 199 g/mol. The van der Waals surface area contributed by atoms with E-state index in [1.54, 1.807) is 0 Å². The Morgan fingerprint density at radius 3 is 2.43 bits per heavy atom. The van der Waals surface area contributed by atoms with Crippen LogP contribution in [0.4, 0.5) is 0 Å². The van der Waals surface area contributed by atoms with Gasteiger partial charge in [0.05, 0.1) is 6.61 Å². The summed E-state index contributed by atoms with van der Waals surface area (Å²) in [6.07, 6.45) is 6.23. The highest BCUT2D eigenvalue weighted by atomic mass is 16.5. The van der Waals surface area contributed by atoms with Gasteiger partial charge in [-0.1, -0.05) is 13.3 Å². The number of rotatable bonds is 6. The summed E-state index contributed by atoms with van der Waals surface area (Å²) < 4.78 is 7.61. The van der Waals surface area contributed by atoms with Gasteiger partial charge in [0.2, 0.25) is 6.21 Å². The molecule has 0 amide bonds. The van der Waals surface area contributed by atoms with E-state index in [9.17, 15) is 0 Å². The number of nitrogens with zero attached hydrogens (tertiary/aromatic N) is 2. The largest absolute Gasteiger partial charge is 0.486 e. The fraction of sp³-hybridized carbons (Fsp3) is 0.727. The average molecular weight is 199 g/mol. The molecule has 0 aliphatic carbocycles. The highest BCUT2D eigenvalue weighted by Gasteiger charge is 1.99. The summed E-state index contributed by atoms with van der Waals surface area (Å²) in [7, 11) is 7.97. The van der Waals surface area contributed by atoms with Crippen molar-refractivity contribution in [1.29, 1.82) is 0 Å². The Bertz CT molecular complexity index is 203. The molecule has 0 bridgehead atoms. The SMILES string of the molecule is CCCCO/C(C=[N+](C)C)=C\N(C)C. The van der Waals surface area contributed by atoms with Gasteiger partial charge in [-0.25, -0.2) is 4.58 Å². The molecule has 3 nitrogen and oxygen atoms in total. The second-order valence-corrected chi connectivity index (χ2v) is 3.79. The molecular weight excluding hydrogens is 176 g/mol. The van der Waals surface area contributed by atoms with E-state index in [1.807, 2.05) is 50.1 Å². The van der Waals surface area contributed by atoms with Crippen molar-refractivity contribution >= 4 is 6.21 Å². The number of ether oxygens (including phenoxy) is 1. The van der Waals surface area contributed by atoms with Crippen molar-refractivity contribution in [3.63, 3.8) is 0 Å². The number of hydrogen-bond acceptors (Lipinski definition) is 2. The first kappa shape index (κ1) is 13.0. The highest BCUT2D eigenvalue weighted by Crippen LogP contribution is 1.98. The second-order valence-electron chi connectivity index (χ2n) is 3.79. The lowest BCUT2D eigenvalue weighted by Crippen LogP contribution is -2.10. The molecule has 0 aromatic heterocycles. The molecule has 0 saturated heterocycles. The van der Waals surface area contributed by atoms with Crippen molar-refractivity contribution in [2.45, 2.75) is 19.8 Å². The van der Waals surface area contributed by atoms with Gasteiger partial charge in [0.25, 0.3) is 0 Å². The quantitative estimate of drug-likeness (QED) is 0.279. The molecule has 82 valence electrons. The summed E-state index contributed by atoms with van der Waals surface area (Å²) in [4.78, 5) is 1.99. The molecule has 14 heavy (non-hydrogen) atoms. The van der Waals surface area contributed by atoms with Crippen LogP contribution in [0.2, 0.25) is 0 Å². The fourth-order valence-electron chi connectivity index (χ4n) is 0.951. The van der Waals surface area contributed by atoms with E-state index >= 15 is 0 Å². The smallest absolute Gasteiger partial charge is 0.206 e. The van der Waals surface area contributed by atoms with Gasteiger partial charge in [-0.05, 0) is 6.42 Å². The van der Waals surface area contributed by atoms with Crippen LogP contribution in [-0.4, -0.2) is 50.5 Å². The van der Waals surface area contributed by atoms with E-state index in [0.717, 1.165) is 25.2 Å². The Morgan fingerprint density at radius 1 is 1.36 bits per heavy atom. The topological polar surface area (TPSA) is 15.5 Å². The summed E-state index contributed by atoms with van der Waals surface area (Å²) in [5, 5.41) is 0. The summed E-state index contributed by atoms with van der Waals surface area (Å²) >= 11 is 0. The molecule has 0 heterocycles. The van der Waals surface area contributed by atoms with Crippen molar-refractivity contribution in [3.05, 3.63) is 12.0 Å². The average Bonchev–Trinajstić information content (AvgIpc) is 2.02. The van der Waals surface area contributed by atoms with Crippen LogP contribution in [0.1, 0.15) is 19.8 Å². The van der Waals surface area contributed by atoms with Crippen molar-refractivity contribution in [2.24, 2.45) is 0 Å². The Labute approximate surface area is 87.7 Å². The molecule has 3 heteroatoms. The van der Waals surface area contributed by atoms with E-state index in [0.29, 0.717) is 0 Å². The maximum Gasteiger partial charge on any atom is 0.206 e. The molecule has 0 N–H and O–H groups in total. The van der Waals surface area contributed by atoms with Crippen LogP contribution < -0.4 is 0 Å². The maximum atomic E-state index is 5.63. The first-order valence-electron chi connectivity index (χ1n) is 5.08. The minimum absolute atomic E-state index is 0.792. The van der Waals surface area contributed by atoms with Gasteiger partial charge in [0.15, 0.2) is 5.76 Å². The predicted molar refractivity (Wildman–Crippen MR) is 60.8 cm³/mol. The maximum absolute atomic E-state index is 5.63. The third-order valence-corrected chi connectivity index (χ3v) is 1.54. The van der Waals surface area contributed by atoms with Crippen molar-refractivity contribution < 1.29 is 9.31 Å². The lowest BCUT2D eigenvalue weighted by molar-refractivity contribution is -0.459. The zero-order chi connectivity index (χ0) is 11.0. The zero-order valence-corrected chi connectivity index (χ0v) is 10.1. The first-order valence-corrected chi connectivity index (χ1v) is 5.08. The van der Waals surface area contributed by atoms with Gasteiger partial charge in [0, 0.05) is 20.3 Å². The molecule has 0 radical (unpaired) electrons. The molecule has 0 aliphatic rings. The van der Waals surface area contributed by atoms with Crippen LogP contribution >= 0.6 is 0 Å². The second kappa shape index (κ2) is 7.42. The Hall–Kier alpha value is -0.990. The van der Waals surface area contributed by atoms with Crippen molar-refractivity contribution in [1.82, 2.24) is 4.90 Å². The third kappa shape index (κ3) is 7.65. The van der Waals surface area contributed by atoms with Gasteiger partial charge in [0.1, 0.15) is 14.1 Å². The van der Waals surface area contributed by atoms with Crippen LogP contribution in [0.25, 0.3) is 0 Å². The fourth-order valence-corrected chi connectivity index (χ4v) is 0.951. The number of unbranched alkanes of at least 4 members (excludes halogenated alkanes) is 1. The number of hydrogen-bond donors (Lipinski definition) is 0. The lowest BCUT2D eigenvalue weighted by atomic mass is 10.4. The van der Waals surface area contributed by atoms with Crippen LogP contribution in [-0.2, 0) is 4.74 Å². The van der Waals surface area contributed by atoms with Gasteiger partial charge in [-0.15, -0.1) is 0 Å². The Morgan fingerprint density at radius 2 is 2.00 bits per heavy atom. The Balaban J connectivity index is 4.19. The first-order chi connectivity index (χ1) is 6.56. The number of allylic oxidation sites excluding steroid dienone is 1. The van der Waals surface area contributed by atoms with E-state index in [1.165, 1.54) is 0 Å². The van der Waals surface area contributed by atoms with Gasteiger partial charge >= 0.3 is 0 Å². The lowest BCUT2D eigenvalue weighted by Gasteiger charge is -2.08. The Kier molecular flexibility index (Phi) is 6.89. The van der Waals surface area contributed by atoms with E-state index in [4.69, 9.17) is 4.74 Å². The molecule has 0 aromatic carbocycles.